The molecule has 4 heteroatoms. The van der Waals surface area contributed by atoms with Crippen molar-refractivity contribution in [3.63, 3.8) is 0 Å². The average Bonchev–Trinajstić information content (AvgIpc) is 2.60. The molecule has 0 saturated heterocycles. The van der Waals surface area contributed by atoms with Gasteiger partial charge < -0.3 is 9.97 Å². The molecular weight excluding hydrogens is 140 g/mol. The SMILES string of the molecule is [C](c1ncc[nH]1)c1ncc[nH]1. The van der Waals surface area contributed by atoms with Gasteiger partial charge in [-0.15, -0.1) is 0 Å². The molecule has 0 aromatic carbocycles. The number of hydrogen-bond donors (Lipinski definition) is 2. The van der Waals surface area contributed by atoms with Crippen molar-refractivity contribution in [3.05, 3.63) is 42.9 Å². The normalized spacial score (nSPS) is 10.2. The highest BCUT2D eigenvalue weighted by Gasteiger charge is 1.99. The fourth-order valence-corrected chi connectivity index (χ4v) is 0.779. The van der Waals surface area contributed by atoms with Crippen molar-refractivity contribution in [3.8, 4) is 0 Å². The minimum absolute atomic E-state index is 0.681. The van der Waals surface area contributed by atoms with E-state index < -0.39 is 0 Å². The molecule has 4 nitrogen and oxygen atoms in total. The summed E-state index contributed by atoms with van der Waals surface area (Å²) in [4.78, 5) is 13.7. The van der Waals surface area contributed by atoms with Crippen molar-refractivity contribution in [2.24, 2.45) is 0 Å². The fourth-order valence-electron chi connectivity index (χ4n) is 0.779. The van der Waals surface area contributed by atoms with Gasteiger partial charge in [0.1, 0.15) is 18.1 Å². The summed E-state index contributed by atoms with van der Waals surface area (Å²) in [6.45, 7) is 0. The van der Waals surface area contributed by atoms with Gasteiger partial charge in [-0.1, -0.05) is 0 Å². The number of nitrogens with one attached hydrogen (secondary N) is 2. The predicted octanol–water partition coefficient (Wildman–Crippen LogP) is 0.610. The van der Waals surface area contributed by atoms with E-state index in [2.05, 4.69) is 26.4 Å². The van der Waals surface area contributed by atoms with E-state index in [1.807, 2.05) is 0 Å². The minimum Gasteiger partial charge on any atom is -0.348 e. The summed E-state index contributed by atoms with van der Waals surface area (Å²) in [5, 5.41) is 0. The second-order valence-electron chi connectivity index (χ2n) is 2.00. The van der Waals surface area contributed by atoms with Crippen LogP contribution in [0.1, 0.15) is 11.6 Å². The van der Waals surface area contributed by atoms with E-state index in [4.69, 9.17) is 0 Å². The van der Waals surface area contributed by atoms with Crippen LogP contribution in [0.4, 0.5) is 0 Å². The average molecular weight is 146 g/mol. The Morgan fingerprint density at radius 1 is 1.00 bits per heavy atom. The lowest BCUT2D eigenvalue weighted by molar-refractivity contribution is 1.09. The molecule has 2 radical (unpaired) electrons. The molecule has 0 atom stereocenters. The van der Waals surface area contributed by atoms with Gasteiger partial charge in [0.25, 0.3) is 0 Å². The minimum atomic E-state index is 0.681. The van der Waals surface area contributed by atoms with Crippen molar-refractivity contribution in [1.29, 1.82) is 0 Å². The van der Waals surface area contributed by atoms with Gasteiger partial charge in [0.05, 0.1) is 0 Å². The highest BCUT2D eigenvalue weighted by Crippen LogP contribution is 2.00. The Labute approximate surface area is 63.7 Å². The maximum absolute atomic E-state index is 3.96. The molecular formula is C7H6N4. The first-order valence-electron chi connectivity index (χ1n) is 3.21. The largest absolute Gasteiger partial charge is 0.348 e. The molecule has 2 aromatic rings. The second kappa shape index (κ2) is 2.57. The fraction of sp³-hybridized carbons (Fsp3) is 0. The van der Waals surface area contributed by atoms with Crippen LogP contribution in [-0.2, 0) is 0 Å². The Kier molecular flexibility index (Phi) is 1.44. The molecule has 0 saturated carbocycles. The smallest absolute Gasteiger partial charge is 0.128 e. The standard InChI is InChI=1S/C7H6N4/c1-2-9-6(8-1)5-7-10-3-4-11-7/h1-4H,(H,8,9)(H,10,11). The number of nitrogens with zero attached hydrogens (tertiary/aromatic N) is 2. The number of aromatic amines is 2. The van der Waals surface area contributed by atoms with Crippen LogP contribution in [-0.4, -0.2) is 19.9 Å². The van der Waals surface area contributed by atoms with Gasteiger partial charge in [0.15, 0.2) is 0 Å². The topological polar surface area (TPSA) is 57.4 Å². The number of rotatable bonds is 2. The van der Waals surface area contributed by atoms with Crippen LogP contribution in [0.2, 0.25) is 0 Å². The summed E-state index contributed by atoms with van der Waals surface area (Å²) in [5.41, 5.74) is 0. The first-order chi connectivity index (χ1) is 5.45. The van der Waals surface area contributed by atoms with E-state index in [0.29, 0.717) is 11.6 Å². The molecule has 0 fully saturated rings. The van der Waals surface area contributed by atoms with Crippen LogP contribution in [0.5, 0.6) is 0 Å². The van der Waals surface area contributed by atoms with Crippen molar-refractivity contribution in [2.75, 3.05) is 0 Å². The zero-order chi connectivity index (χ0) is 7.52. The molecule has 0 unspecified atom stereocenters. The summed E-state index contributed by atoms with van der Waals surface area (Å²) in [5.74, 6) is 1.36. The summed E-state index contributed by atoms with van der Waals surface area (Å²) in [6.07, 6.45) is 9.76. The van der Waals surface area contributed by atoms with Gasteiger partial charge in [-0.2, -0.15) is 0 Å². The maximum Gasteiger partial charge on any atom is 0.128 e. The van der Waals surface area contributed by atoms with E-state index in [0.717, 1.165) is 0 Å². The van der Waals surface area contributed by atoms with Crippen LogP contribution >= 0.6 is 0 Å². The molecule has 0 bridgehead atoms. The van der Waals surface area contributed by atoms with E-state index in [-0.39, 0.29) is 0 Å². The first kappa shape index (κ1) is 6.15. The van der Waals surface area contributed by atoms with Crippen molar-refractivity contribution in [2.45, 2.75) is 0 Å². The van der Waals surface area contributed by atoms with Gasteiger partial charge >= 0.3 is 0 Å². The van der Waals surface area contributed by atoms with Gasteiger partial charge in [-0.3, -0.25) is 0 Å². The molecule has 2 rings (SSSR count). The predicted molar refractivity (Wildman–Crippen MR) is 38.6 cm³/mol. The molecule has 0 spiro atoms. The van der Waals surface area contributed by atoms with E-state index in [1.54, 1.807) is 24.8 Å². The Hall–Kier alpha value is -1.58. The van der Waals surface area contributed by atoms with Crippen LogP contribution in [0.3, 0.4) is 0 Å². The Morgan fingerprint density at radius 3 is 1.91 bits per heavy atom. The second-order valence-corrected chi connectivity index (χ2v) is 2.00. The third-order valence-corrected chi connectivity index (χ3v) is 1.23. The molecule has 0 amide bonds. The van der Waals surface area contributed by atoms with E-state index in [1.165, 1.54) is 0 Å². The Morgan fingerprint density at radius 2 is 1.55 bits per heavy atom. The lowest BCUT2D eigenvalue weighted by atomic mass is 10.4. The molecule has 0 aliphatic rings. The van der Waals surface area contributed by atoms with E-state index in [9.17, 15) is 0 Å². The van der Waals surface area contributed by atoms with Crippen molar-refractivity contribution in [1.82, 2.24) is 19.9 Å². The lowest BCUT2D eigenvalue weighted by Gasteiger charge is -1.87. The number of aromatic nitrogens is 4. The number of H-pyrrole nitrogens is 2. The lowest BCUT2D eigenvalue weighted by Crippen LogP contribution is -1.88. The molecule has 0 aliphatic carbocycles. The van der Waals surface area contributed by atoms with Gasteiger partial charge in [-0.25, -0.2) is 9.97 Å². The quantitative estimate of drug-likeness (QED) is 0.652. The summed E-state index contributed by atoms with van der Waals surface area (Å²) in [6, 6.07) is 0. The first-order valence-corrected chi connectivity index (χ1v) is 3.21. The van der Waals surface area contributed by atoms with Crippen LogP contribution in [0.15, 0.2) is 24.8 Å². The zero-order valence-electron chi connectivity index (χ0n) is 5.70. The summed E-state index contributed by atoms with van der Waals surface area (Å²) >= 11 is 0. The summed E-state index contributed by atoms with van der Waals surface area (Å²) < 4.78 is 0. The van der Waals surface area contributed by atoms with Crippen molar-refractivity contribution < 1.29 is 0 Å². The van der Waals surface area contributed by atoms with Crippen LogP contribution < -0.4 is 0 Å². The number of imidazole rings is 2. The molecule has 0 aliphatic heterocycles. The zero-order valence-corrected chi connectivity index (χ0v) is 5.70. The molecule has 2 aromatic heterocycles. The monoisotopic (exact) mass is 146 g/mol. The van der Waals surface area contributed by atoms with E-state index >= 15 is 0 Å². The summed E-state index contributed by atoms with van der Waals surface area (Å²) in [7, 11) is 0. The van der Waals surface area contributed by atoms with Gasteiger partial charge in [-0.05, 0) is 0 Å². The highest BCUT2D eigenvalue weighted by atomic mass is 14.9. The van der Waals surface area contributed by atoms with Gasteiger partial charge in [0, 0.05) is 24.8 Å². The molecule has 2 heterocycles. The molecule has 2 N–H and O–H groups in total. The van der Waals surface area contributed by atoms with Crippen LogP contribution in [0, 0.1) is 6.42 Å². The van der Waals surface area contributed by atoms with Crippen molar-refractivity contribution >= 4 is 0 Å². The van der Waals surface area contributed by atoms with Crippen LogP contribution in [0.25, 0.3) is 0 Å². The third kappa shape index (κ3) is 1.29. The Balaban J connectivity index is 2.14. The Bertz CT molecular complexity index is 263. The molecule has 11 heavy (non-hydrogen) atoms. The highest BCUT2D eigenvalue weighted by molar-refractivity contribution is 5.15. The maximum atomic E-state index is 3.96. The third-order valence-electron chi connectivity index (χ3n) is 1.23. The molecule has 54 valence electrons. The van der Waals surface area contributed by atoms with Gasteiger partial charge in [0.2, 0.25) is 0 Å². The number of hydrogen-bond acceptors (Lipinski definition) is 2.